The van der Waals surface area contributed by atoms with Crippen LogP contribution >= 0.6 is 11.6 Å². The number of hydrogen-bond acceptors (Lipinski definition) is 4. The maximum atomic E-state index is 13.2. The summed E-state index contributed by atoms with van der Waals surface area (Å²) in [6.07, 6.45) is 10.1. The number of aryl methyl sites for hydroxylation is 1. The molecule has 1 aromatic heterocycles. The summed E-state index contributed by atoms with van der Waals surface area (Å²) in [6, 6.07) is 17.1. The molecule has 5 nitrogen and oxygen atoms in total. The monoisotopic (exact) mass is 485 g/mol. The predicted molar refractivity (Wildman–Crippen MR) is 140 cm³/mol. The fourth-order valence-electron chi connectivity index (χ4n) is 5.33. The molecule has 3 aliphatic carbocycles. The molecule has 2 heterocycles. The highest BCUT2D eigenvalue weighted by atomic mass is 35.5. The normalized spacial score (nSPS) is 23.4. The second kappa shape index (κ2) is 9.73. The van der Waals surface area contributed by atoms with Crippen LogP contribution in [-0.2, 0) is 0 Å². The molecule has 1 aromatic carbocycles. The van der Waals surface area contributed by atoms with Gasteiger partial charge >= 0.3 is 0 Å². The molecule has 1 saturated carbocycles. The van der Waals surface area contributed by atoms with Crippen LogP contribution in [0, 0.1) is 25.2 Å². The molecule has 2 N–H and O–H groups in total. The molecule has 2 aromatic rings. The summed E-state index contributed by atoms with van der Waals surface area (Å²) in [5.41, 5.74) is 5.72. The summed E-state index contributed by atoms with van der Waals surface area (Å²) in [6.45, 7) is 2.14. The van der Waals surface area contributed by atoms with E-state index in [4.69, 9.17) is 18.0 Å². The van der Waals surface area contributed by atoms with Crippen molar-refractivity contribution in [3.63, 3.8) is 0 Å². The molecule has 4 atom stereocenters. The van der Waals surface area contributed by atoms with Crippen LogP contribution in [0.25, 0.3) is 11.1 Å². The third kappa shape index (κ3) is 4.65. The Kier molecular flexibility index (Phi) is 6.51. The SMILES string of the molecule is C#CC1C[C@@H]2[C@@H](CCC[C@@H]2O)N1C(=O)c1ccc(Nc2ccc(Cl)cc2)nc1.Cc1cc2ccc1-2. The number of nitrogens with zero attached hydrogens (tertiary/aromatic N) is 2. The van der Waals surface area contributed by atoms with Gasteiger partial charge in [0.05, 0.1) is 17.7 Å². The van der Waals surface area contributed by atoms with Gasteiger partial charge in [0.15, 0.2) is 0 Å². The highest BCUT2D eigenvalue weighted by Gasteiger charge is 2.47. The van der Waals surface area contributed by atoms with Crippen molar-refractivity contribution in [1.29, 1.82) is 0 Å². The quantitative estimate of drug-likeness (QED) is 0.358. The van der Waals surface area contributed by atoms with E-state index in [1.54, 1.807) is 35.4 Å². The Bertz CT molecular complexity index is 1270. The van der Waals surface area contributed by atoms with Gasteiger partial charge in [-0.15, -0.1) is 6.42 Å². The minimum Gasteiger partial charge on any atom is -0.393 e. The lowest BCUT2D eigenvalue weighted by molar-refractivity contribution is 0.0355. The van der Waals surface area contributed by atoms with Crippen molar-refractivity contribution in [2.24, 2.45) is 5.92 Å². The van der Waals surface area contributed by atoms with Gasteiger partial charge < -0.3 is 15.3 Å². The number of nitrogens with one attached hydrogen (secondary N) is 1. The first-order valence-electron chi connectivity index (χ1n) is 12.0. The molecule has 1 aliphatic heterocycles. The van der Waals surface area contributed by atoms with E-state index in [-0.39, 0.29) is 30.0 Å². The average molecular weight is 486 g/mol. The summed E-state index contributed by atoms with van der Waals surface area (Å²) >= 11 is 5.90. The number of aliphatic hydroxyl groups is 1. The van der Waals surface area contributed by atoms with Crippen molar-refractivity contribution in [2.45, 2.75) is 50.8 Å². The highest BCUT2D eigenvalue weighted by molar-refractivity contribution is 6.30. The molecular formula is C29H28ClN3O2. The lowest BCUT2D eigenvalue weighted by Gasteiger charge is -2.35. The molecule has 0 bridgehead atoms. The van der Waals surface area contributed by atoms with Gasteiger partial charge in [0, 0.05) is 28.9 Å². The Morgan fingerprint density at radius 2 is 1.97 bits per heavy atom. The molecule has 35 heavy (non-hydrogen) atoms. The highest BCUT2D eigenvalue weighted by Crippen LogP contribution is 2.40. The summed E-state index contributed by atoms with van der Waals surface area (Å²) in [5, 5.41) is 14.2. The maximum absolute atomic E-state index is 13.2. The first-order chi connectivity index (χ1) is 16.9. The van der Waals surface area contributed by atoms with Crippen LogP contribution in [-0.4, -0.2) is 39.1 Å². The van der Waals surface area contributed by atoms with E-state index in [2.05, 4.69) is 41.3 Å². The Morgan fingerprint density at radius 3 is 2.51 bits per heavy atom. The van der Waals surface area contributed by atoms with Crippen molar-refractivity contribution in [2.75, 3.05) is 5.32 Å². The minimum atomic E-state index is -0.378. The molecule has 2 fully saturated rings. The van der Waals surface area contributed by atoms with Gasteiger partial charge in [0.25, 0.3) is 5.91 Å². The fraction of sp³-hybridized carbons (Fsp3) is 0.310. The molecule has 6 heteroatoms. The number of anilines is 2. The second-order valence-electron chi connectivity index (χ2n) is 9.45. The predicted octanol–water partition coefficient (Wildman–Crippen LogP) is 5.83. The zero-order chi connectivity index (χ0) is 24.5. The number of pyridine rings is 1. The molecule has 4 aliphatic rings. The van der Waals surface area contributed by atoms with E-state index in [1.165, 1.54) is 16.7 Å². The Balaban J connectivity index is 0.000000306. The number of rotatable bonds is 3. The van der Waals surface area contributed by atoms with Crippen LogP contribution in [0.1, 0.15) is 41.6 Å². The lowest BCUT2D eigenvalue weighted by atomic mass is 9.82. The number of benzene rings is 2. The average Bonchev–Trinajstić information content (AvgIpc) is 3.24. The van der Waals surface area contributed by atoms with E-state index >= 15 is 0 Å². The number of terminal acetylenes is 1. The van der Waals surface area contributed by atoms with Crippen molar-refractivity contribution >= 4 is 29.0 Å². The Morgan fingerprint density at radius 1 is 1.17 bits per heavy atom. The number of fused-ring (bicyclic) bond motifs is 2. The third-order valence-corrected chi connectivity index (χ3v) is 7.52. The van der Waals surface area contributed by atoms with Gasteiger partial charge in [0.1, 0.15) is 5.82 Å². The molecule has 178 valence electrons. The van der Waals surface area contributed by atoms with E-state index in [0.717, 1.165) is 24.9 Å². The molecular weight excluding hydrogens is 458 g/mol. The van der Waals surface area contributed by atoms with Gasteiger partial charge in [-0.05, 0) is 85.7 Å². The van der Waals surface area contributed by atoms with Crippen LogP contribution in [0.15, 0.2) is 60.8 Å². The fourth-order valence-corrected chi connectivity index (χ4v) is 5.45. The maximum Gasteiger partial charge on any atom is 0.256 e. The van der Waals surface area contributed by atoms with Gasteiger partial charge in [-0.3, -0.25) is 4.79 Å². The van der Waals surface area contributed by atoms with Crippen molar-refractivity contribution < 1.29 is 9.90 Å². The number of likely N-dealkylation sites (tertiary alicyclic amines) is 1. The van der Waals surface area contributed by atoms with Crippen LogP contribution in [0.4, 0.5) is 11.5 Å². The topological polar surface area (TPSA) is 65.5 Å². The van der Waals surface area contributed by atoms with Gasteiger partial charge in [0.2, 0.25) is 0 Å². The van der Waals surface area contributed by atoms with E-state index in [9.17, 15) is 9.90 Å². The van der Waals surface area contributed by atoms with Crippen molar-refractivity contribution in [1.82, 2.24) is 9.88 Å². The molecule has 1 saturated heterocycles. The molecule has 6 rings (SSSR count). The first kappa shape index (κ1) is 23.4. The van der Waals surface area contributed by atoms with Gasteiger partial charge in [-0.25, -0.2) is 4.98 Å². The standard InChI is InChI=1S/C22H22ClN3O2.C7H6/c1-2-17-12-18-19(4-3-5-20(18)27)26(17)22(28)14-6-11-21(24-13-14)25-16-9-7-15(23)8-10-16;1-5-4-6-2-3-7(5)6/h1,6-11,13,17-20,27H,3-5,12H2,(H,24,25);2-4H,1H3/t17?,18-,19-,20+;/m1./s1. The first-order valence-corrected chi connectivity index (χ1v) is 12.4. The van der Waals surface area contributed by atoms with Crippen LogP contribution in [0.5, 0.6) is 0 Å². The van der Waals surface area contributed by atoms with Crippen molar-refractivity contribution in [3.8, 4) is 23.5 Å². The number of aliphatic hydroxyl groups excluding tert-OH is 1. The smallest absolute Gasteiger partial charge is 0.256 e. The van der Waals surface area contributed by atoms with Gasteiger partial charge in [-0.1, -0.05) is 35.7 Å². The molecule has 0 spiro atoms. The molecule has 0 radical (unpaired) electrons. The molecule has 1 amide bonds. The van der Waals surface area contributed by atoms with Gasteiger partial charge in [-0.2, -0.15) is 0 Å². The number of hydrogen-bond donors (Lipinski definition) is 2. The number of halogens is 1. The zero-order valence-corrected chi connectivity index (χ0v) is 20.4. The largest absolute Gasteiger partial charge is 0.393 e. The lowest BCUT2D eigenvalue weighted by Crippen LogP contribution is -2.45. The zero-order valence-electron chi connectivity index (χ0n) is 19.6. The number of amides is 1. The van der Waals surface area contributed by atoms with E-state index in [1.807, 2.05) is 12.1 Å². The summed E-state index contributed by atoms with van der Waals surface area (Å²) in [7, 11) is 0. The Labute approximate surface area is 211 Å². The van der Waals surface area contributed by atoms with Crippen LogP contribution in [0.2, 0.25) is 5.02 Å². The van der Waals surface area contributed by atoms with Crippen LogP contribution in [0.3, 0.4) is 0 Å². The second-order valence-corrected chi connectivity index (χ2v) is 9.89. The summed E-state index contributed by atoms with van der Waals surface area (Å²) < 4.78 is 0. The van der Waals surface area contributed by atoms with E-state index < -0.39 is 0 Å². The third-order valence-electron chi connectivity index (χ3n) is 7.27. The summed E-state index contributed by atoms with van der Waals surface area (Å²) in [4.78, 5) is 19.3. The van der Waals surface area contributed by atoms with Crippen LogP contribution < -0.4 is 5.32 Å². The molecule has 1 unspecified atom stereocenters. The number of carbonyl (C=O) groups is 1. The Hall–Kier alpha value is -3.33. The minimum absolute atomic E-state index is 0.00386. The van der Waals surface area contributed by atoms with E-state index in [0.29, 0.717) is 22.8 Å². The summed E-state index contributed by atoms with van der Waals surface area (Å²) in [5.74, 6) is 3.33. The number of carbonyl (C=O) groups excluding carboxylic acids is 1. The van der Waals surface area contributed by atoms with Crippen molar-refractivity contribution in [3.05, 3.63) is 76.9 Å². The number of aromatic nitrogens is 1.